The molecule has 0 bridgehead atoms. The van der Waals surface area contributed by atoms with Crippen molar-refractivity contribution in [1.82, 2.24) is 5.32 Å². The molecule has 0 aromatic rings. The van der Waals surface area contributed by atoms with E-state index in [-0.39, 0.29) is 5.91 Å². The van der Waals surface area contributed by atoms with Crippen molar-refractivity contribution in [2.75, 3.05) is 7.05 Å². The highest BCUT2D eigenvalue weighted by molar-refractivity contribution is 5.75. The molecule has 0 atom stereocenters. The summed E-state index contributed by atoms with van der Waals surface area (Å²) in [5.74, 6) is 0.0381. The standard InChI is InChI=1S/C8H16NO/c1-3-4-5-6-7-8(10)9-2/h3-7H2,1-2H3. The number of hydrogen-bond acceptors (Lipinski definition) is 1. The van der Waals surface area contributed by atoms with Crippen molar-refractivity contribution < 1.29 is 4.79 Å². The average Bonchev–Trinajstić information content (AvgIpc) is 1.98. The minimum absolute atomic E-state index is 0.0381. The van der Waals surface area contributed by atoms with E-state index in [1.165, 1.54) is 12.8 Å². The first-order valence-electron chi connectivity index (χ1n) is 3.94. The molecule has 0 aromatic heterocycles. The van der Waals surface area contributed by atoms with Gasteiger partial charge in [0.15, 0.2) is 0 Å². The summed E-state index contributed by atoms with van der Waals surface area (Å²) in [6, 6.07) is 0. The summed E-state index contributed by atoms with van der Waals surface area (Å²) in [6.07, 6.45) is 5.26. The van der Waals surface area contributed by atoms with E-state index >= 15 is 0 Å². The zero-order chi connectivity index (χ0) is 7.82. The second kappa shape index (κ2) is 6.59. The van der Waals surface area contributed by atoms with Crippen LogP contribution in [0.5, 0.6) is 0 Å². The lowest BCUT2D eigenvalue weighted by Crippen LogP contribution is -2.09. The van der Waals surface area contributed by atoms with Crippen molar-refractivity contribution in [2.24, 2.45) is 0 Å². The zero-order valence-electron chi connectivity index (χ0n) is 6.89. The monoisotopic (exact) mass is 142 g/mol. The van der Waals surface area contributed by atoms with Gasteiger partial charge in [-0.2, -0.15) is 0 Å². The van der Waals surface area contributed by atoms with E-state index in [4.69, 9.17) is 0 Å². The van der Waals surface area contributed by atoms with Gasteiger partial charge >= 0.3 is 0 Å². The van der Waals surface area contributed by atoms with Gasteiger partial charge in [0.05, 0.1) is 0 Å². The van der Waals surface area contributed by atoms with Gasteiger partial charge in [0, 0.05) is 13.5 Å². The predicted molar refractivity (Wildman–Crippen MR) is 41.8 cm³/mol. The molecule has 0 aliphatic carbocycles. The fourth-order valence-corrected chi connectivity index (χ4v) is 0.815. The van der Waals surface area contributed by atoms with Crippen LogP contribution in [0.4, 0.5) is 0 Å². The van der Waals surface area contributed by atoms with E-state index in [1.807, 2.05) is 0 Å². The van der Waals surface area contributed by atoms with Gasteiger partial charge in [0.25, 0.3) is 0 Å². The molecule has 59 valence electrons. The molecular weight excluding hydrogens is 126 g/mol. The topological polar surface area (TPSA) is 31.2 Å². The molecule has 0 spiro atoms. The predicted octanol–water partition coefficient (Wildman–Crippen LogP) is 1.72. The van der Waals surface area contributed by atoms with Crippen molar-refractivity contribution in [3.05, 3.63) is 0 Å². The SMILES string of the molecule is CCCCCCC(=O)[N]C. The van der Waals surface area contributed by atoms with Crippen LogP contribution in [0.2, 0.25) is 0 Å². The van der Waals surface area contributed by atoms with Gasteiger partial charge in [-0.3, -0.25) is 10.1 Å². The van der Waals surface area contributed by atoms with Gasteiger partial charge in [-0.25, -0.2) is 0 Å². The van der Waals surface area contributed by atoms with Crippen molar-refractivity contribution >= 4 is 5.91 Å². The molecule has 0 N–H and O–H groups in total. The van der Waals surface area contributed by atoms with Crippen LogP contribution in [0, 0.1) is 0 Å². The minimum Gasteiger partial charge on any atom is -0.273 e. The molecule has 0 saturated carbocycles. The van der Waals surface area contributed by atoms with Crippen LogP contribution < -0.4 is 5.32 Å². The molecule has 0 fully saturated rings. The first kappa shape index (κ1) is 9.47. The molecule has 0 rings (SSSR count). The third-order valence-electron chi connectivity index (χ3n) is 1.49. The highest BCUT2D eigenvalue weighted by Crippen LogP contribution is 2.01. The Bertz CT molecular complexity index is 91.3. The van der Waals surface area contributed by atoms with Crippen LogP contribution in [0.1, 0.15) is 39.0 Å². The Morgan fingerprint density at radius 1 is 1.30 bits per heavy atom. The summed E-state index contributed by atoms with van der Waals surface area (Å²) < 4.78 is 0. The van der Waals surface area contributed by atoms with Gasteiger partial charge < -0.3 is 0 Å². The summed E-state index contributed by atoms with van der Waals surface area (Å²) in [6.45, 7) is 2.16. The quantitative estimate of drug-likeness (QED) is 0.538. The number of amides is 1. The zero-order valence-corrected chi connectivity index (χ0v) is 6.89. The highest BCUT2D eigenvalue weighted by atomic mass is 16.1. The van der Waals surface area contributed by atoms with Crippen LogP contribution >= 0.6 is 0 Å². The first-order valence-corrected chi connectivity index (χ1v) is 3.94. The van der Waals surface area contributed by atoms with E-state index in [9.17, 15) is 4.79 Å². The van der Waals surface area contributed by atoms with Crippen molar-refractivity contribution in [2.45, 2.75) is 39.0 Å². The molecule has 0 aliphatic heterocycles. The Morgan fingerprint density at radius 3 is 2.50 bits per heavy atom. The fourth-order valence-electron chi connectivity index (χ4n) is 0.815. The van der Waals surface area contributed by atoms with Gasteiger partial charge in [-0.15, -0.1) is 0 Å². The number of carbonyl (C=O) groups excluding carboxylic acids is 1. The smallest absolute Gasteiger partial charge is 0.240 e. The molecule has 0 aromatic carbocycles. The Morgan fingerprint density at radius 2 is 2.00 bits per heavy atom. The van der Waals surface area contributed by atoms with E-state index in [0.29, 0.717) is 6.42 Å². The Labute approximate surface area is 63.0 Å². The molecule has 10 heavy (non-hydrogen) atoms. The van der Waals surface area contributed by atoms with Crippen LogP contribution in [-0.2, 0) is 4.79 Å². The van der Waals surface area contributed by atoms with Crippen molar-refractivity contribution in [1.29, 1.82) is 0 Å². The number of carbonyl (C=O) groups is 1. The molecule has 0 aliphatic rings. The molecule has 1 amide bonds. The second-order valence-electron chi connectivity index (χ2n) is 2.43. The lowest BCUT2D eigenvalue weighted by Gasteiger charge is -1.95. The van der Waals surface area contributed by atoms with E-state index in [1.54, 1.807) is 7.05 Å². The Kier molecular flexibility index (Phi) is 6.24. The maximum atomic E-state index is 10.6. The van der Waals surface area contributed by atoms with Gasteiger partial charge in [-0.05, 0) is 6.42 Å². The van der Waals surface area contributed by atoms with Crippen LogP contribution in [0.15, 0.2) is 0 Å². The van der Waals surface area contributed by atoms with Gasteiger partial charge in [-0.1, -0.05) is 26.2 Å². The average molecular weight is 142 g/mol. The van der Waals surface area contributed by atoms with E-state index in [0.717, 1.165) is 12.8 Å². The Balaban J connectivity index is 2.96. The largest absolute Gasteiger partial charge is 0.273 e. The number of nitrogens with zero attached hydrogens (tertiary/aromatic N) is 1. The number of rotatable bonds is 5. The summed E-state index contributed by atoms with van der Waals surface area (Å²) in [5.41, 5.74) is 0. The molecule has 1 radical (unpaired) electrons. The highest BCUT2D eigenvalue weighted by Gasteiger charge is 1.96. The van der Waals surface area contributed by atoms with E-state index < -0.39 is 0 Å². The second-order valence-corrected chi connectivity index (χ2v) is 2.43. The lowest BCUT2D eigenvalue weighted by atomic mass is 10.1. The van der Waals surface area contributed by atoms with E-state index in [2.05, 4.69) is 12.2 Å². The first-order chi connectivity index (χ1) is 4.81. The number of hydrogen-bond donors (Lipinski definition) is 0. The molecule has 0 unspecified atom stereocenters. The molecule has 2 nitrogen and oxygen atoms in total. The van der Waals surface area contributed by atoms with Crippen molar-refractivity contribution in [3.8, 4) is 0 Å². The summed E-state index contributed by atoms with van der Waals surface area (Å²) >= 11 is 0. The Hall–Kier alpha value is -0.530. The number of unbranched alkanes of at least 4 members (excludes halogenated alkanes) is 3. The van der Waals surface area contributed by atoms with Crippen LogP contribution in [-0.4, -0.2) is 13.0 Å². The van der Waals surface area contributed by atoms with Crippen LogP contribution in [0.25, 0.3) is 0 Å². The van der Waals surface area contributed by atoms with Crippen LogP contribution in [0.3, 0.4) is 0 Å². The maximum absolute atomic E-state index is 10.6. The minimum atomic E-state index is 0.0381. The summed E-state index contributed by atoms with van der Waals surface area (Å²) in [7, 11) is 1.56. The summed E-state index contributed by atoms with van der Waals surface area (Å²) in [4.78, 5) is 10.6. The molecule has 0 saturated heterocycles. The maximum Gasteiger partial charge on any atom is 0.240 e. The van der Waals surface area contributed by atoms with Gasteiger partial charge in [0.2, 0.25) is 5.91 Å². The molecule has 2 heteroatoms. The third-order valence-corrected chi connectivity index (χ3v) is 1.49. The molecule has 0 heterocycles. The molecular formula is C8H16NO. The fraction of sp³-hybridized carbons (Fsp3) is 0.875. The summed E-state index contributed by atoms with van der Waals surface area (Å²) in [5, 5.41) is 3.55. The third kappa shape index (κ3) is 5.60. The van der Waals surface area contributed by atoms with Crippen molar-refractivity contribution in [3.63, 3.8) is 0 Å². The van der Waals surface area contributed by atoms with Gasteiger partial charge in [0.1, 0.15) is 0 Å². The normalized spacial score (nSPS) is 9.40. The lowest BCUT2D eigenvalue weighted by molar-refractivity contribution is -0.121.